The predicted octanol–water partition coefficient (Wildman–Crippen LogP) is 2.43. The molecule has 0 amide bonds. The lowest BCUT2D eigenvalue weighted by atomic mass is 9.62. The molecule has 0 aromatic carbocycles. The highest BCUT2D eigenvalue weighted by Crippen LogP contribution is 2.43. The number of allylic oxidation sites excluding steroid dienone is 7. The number of hydrogen-bond donors (Lipinski definition) is 1. The molecule has 1 nitrogen and oxygen atoms in total. The van der Waals surface area contributed by atoms with E-state index in [1.807, 2.05) is 0 Å². The number of rotatable bonds is 0. The summed E-state index contributed by atoms with van der Waals surface area (Å²) in [6, 6.07) is 0.327. The van der Waals surface area contributed by atoms with Crippen LogP contribution in [0.5, 0.6) is 0 Å². The van der Waals surface area contributed by atoms with E-state index in [0.717, 1.165) is 6.42 Å². The van der Waals surface area contributed by atoms with Gasteiger partial charge in [0.2, 0.25) is 0 Å². The highest BCUT2D eigenvalue weighted by Gasteiger charge is 2.39. The predicted molar refractivity (Wildman–Crippen MR) is 63.1 cm³/mol. The third-order valence-corrected chi connectivity index (χ3v) is 4.00. The molecule has 0 spiro atoms. The normalized spacial score (nSPS) is 46.3. The van der Waals surface area contributed by atoms with Gasteiger partial charge in [-0.1, -0.05) is 48.6 Å². The molecule has 0 aromatic rings. The van der Waals surface area contributed by atoms with Crippen LogP contribution in [0.25, 0.3) is 0 Å². The summed E-state index contributed by atoms with van der Waals surface area (Å²) in [4.78, 5) is 0. The molecule has 0 heterocycles. The van der Waals surface area contributed by atoms with Gasteiger partial charge in [-0.15, -0.1) is 0 Å². The topological polar surface area (TPSA) is 26.0 Å². The van der Waals surface area contributed by atoms with Gasteiger partial charge in [0.25, 0.3) is 0 Å². The summed E-state index contributed by atoms with van der Waals surface area (Å²) in [7, 11) is 0. The van der Waals surface area contributed by atoms with Gasteiger partial charge in [0.1, 0.15) is 0 Å². The van der Waals surface area contributed by atoms with Gasteiger partial charge in [0.15, 0.2) is 0 Å². The molecule has 2 N–H and O–H groups in total. The fraction of sp³-hybridized carbons (Fsp3) is 0.429. The Morgan fingerprint density at radius 1 is 0.733 bits per heavy atom. The first kappa shape index (κ1) is 9.17. The summed E-state index contributed by atoms with van der Waals surface area (Å²) in [5.41, 5.74) is 6.25. The van der Waals surface area contributed by atoms with E-state index in [0.29, 0.717) is 29.7 Å². The maximum Gasteiger partial charge on any atom is 0.0114 e. The molecular weight excluding hydrogens is 182 g/mol. The largest absolute Gasteiger partial charge is 0.327 e. The smallest absolute Gasteiger partial charge is 0.0114 e. The fourth-order valence-electron chi connectivity index (χ4n) is 3.25. The molecule has 0 aliphatic heterocycles. The Kier molecular flexibility index (Phi) is 2.14. The van der Waals surface area contributed by atoms with E-state index in [1.54, 1.807) is 0 Å². The minimum absolute atomic E-state index is 0.327. The maximum atomic E-state index is 6.25. The average molecular weight is 199 g/mol. The average Bonchev–Trinajstić information content (AvgIpc) is 2.30. The molecule has 3 aliphatic carbocycles. The van der Waals surface area contributed by atoms with E-state index in [9.17, 15) is 0 Å². The van der Waals surface area contributed by atoms with Crippen LogP contribution < -0.4 is 5.73 Å². The molecule has 1 fully saturated rings. The highest BCUT2D eigenvalue weighted by molar-refractivity contribution is 5.26. The van der Waals surface area contributed by atoms with Crippen LogP contribution in [0.15, 0.2) is 48.6 Å². The van der Waals surface area contributed by atoms with Crippen molar-refractivity contribution in [3.63, 3.8) is 0 Å². The Labute approximate surface area is 91.0 Å². The second-order valence-corrected chi connectivity index (χ2v) is 4.84. The van der Waals surface area contributed by atoms with Gasteiger partial charge < -0.3 is 5.73 Å². The molecule has 0 aromatic heterocycles. The van der Waals surface area contributed by atoms with Crippen LogP contribution in [0.1, 0.15) is 6.42 Å². The van der Waals surface area contributed by atoms with Crippen molar-refractivity contribution in [3.05, 3.63) is 48.6 Å². The van der Waals surface area contributed by atoms with Crippen molar-refractivity contribution >= 4 is 0 Å². The first-order valence-electron chi connectivity index (χ1n) is 5.82. The van der Waals surface area contributed by atoms with E-state index in [2.05, 4.69) is 48.6 Å². The van der Waals surface area contributed by atoms with Gasteiger partial charge in [-0.2, -0.15) is 0 Å². The molecular formula is C14H17N. The number of nitrogens with two attached hydrogens (primary N) is 1. The van der Waals surface area contributed by atoms with Crippen LogP contribution >= 0.6 is 0 Å². The quantitative estimate of drug-likeness (QED) is 0.637. The zero-order valence-corrected chi connectivity index (χ0v) is 8.79. The maximum absolute atomic E-state index is 6.25. The molecule has 3 rings (SSSR count). The van der Waals surface area contributed by atoms with Crippen LogP contribution in [0.3, 0.4) is 0 Å². The van der Waals surface area contributed by atoms with Gasteiger partial charge in [0.05, 0.1) is 0 Å². The lowest BCUT2D eigenvalue weighted by Gasteiger charge is -2.44. The molecule has 78 valence electrons. The van der Waals surface area contributed by atoms with Crippen molar-refractivity contribution in [1.82, 2.24) is 0 Å². The monoisotopic (exact) mass is 199 g/mol. The summed E-state index contributed by atoms with van der Waals surface area (Å²) >= 11 is 0. The van der Waals surface area contributed by atoms with Crippen LogP contribution in [-0.4, -0.2) is 6.04 Å². The lowest BCUT2D eigenvalue weighted by molar-refractivity contribution is 0.188. The molecule has 1 heteroatoms. The van der Waals surface area contributed by atoms with Crippen LogP contribution in [0.2, 0.25) is 0 Å². The van der Waals surface area contributed by atoms with Crippen molar-refractivity contribution in [2.24, 2.45) is 29.4 Å². The third kappa shape index (κ3) is 1.42. The van der Waals surface area contributed by atoms with E-state index in [-0.39, 0.29) is 0 Å². The van der Waals surface area contributed by atoms with Crippen molar-refractivity contribution in [3.8, 4) is 0 Å². The first-order valence-corrected chi connectivity index (χ1v) is 5.82. The van der Waals surface area contributed by atoms with E-state index in [1.165, 1.54) is 0 Å². The van der Waals surface area contributed by atoms with Crippen molar-refractivity contribution in [2.45, 2.75) is 12.5 Å². The standard InChI is InChI=1S/C14H17N/c15-14-9-10-5-1-2-6-11(10)12-7-3-4-8-13(12)14/h1-8,10-14H,9,15H2. The molecule has 0 saturated heterocycles. The molecule has 3 aliphatic rings. The zero-order chi connectivity index (χ0) is 10.3. The first-order chi connectivity index (χ1) is 7.36. The van der Waals surface area contributed by atoms with Gasteiger partial charge in [-0.3, -0.25) is 0 Å². The molecule has 0 bridgehead atoms. The zero-order valence-electron chi connectivity index (χ0n) is 8.79. The second kappa shape index (κ2) is 3.49. The van der Waals surface area contributed by atoms with Crippen molar-refractivity contribution in [1.29, 1.82) is 0 Å². The number of hydrogen-bond acceptors (Lipinski definition) is 1. The minimum Gasteiger partial charge on any atom is -0.327 e. The Bertz CT molecular complexity index is 362. The van der Waals surface area contributed by atoms with Gasteiger partial charge in [0, 0.05) is 6.04 Å². The molecule has 15 heavy (non-hydrogen) atoms. The SMILES string of the molecule is NC1CC2C=CC=CC2C2C=CC=CC12. The fourth-order valence-corrected chi connectivity index (χ4v) is 3.25. The molecule has 5 unspecified atom stereocenters. The van der Waals surface area contributed by atoms with E-state index >= 15 is 0 Å². The van der Waals surface area contributed by atoms with Crippen LogP contribution in [0, 0.1) is 23.7 Å². The molecule has 0 radical (unpaired) electrons. The molecule has 5 atom stereocenters. The summed E-state index contributed by atoms with van der Waals surface area (Å²) in [5, 5.41) is 0. The van der Waals surface area contributed by atoms with Gasteiger partial charge in [-0.05, 0) is 30.1 Å². The van der Waals surface area contributed by atoms with E-state index in [4.69, 9.17) is 5.73 Å². The summed E-state index contributed by atoms with van der Waals surface area (Å²) in [6.45, 7) is 0. The Morgan fingerprint density at radius 2 is 1.33 bits per heavy atom. The van der Waals surface area contributed by atoms with Crippen molar-refractivity contribution in [2.75, 3.05) is 0 Å². The van der Waals surface area contributed by atoms with Crippen molar-refractivity contribution < 1.29 is 0 Å². The van der Waals surface area contributed by atoms with Gasteiger partial charge >= 0.3 is 0 Å². The summed E-state index contributed by atoms with van der Waals surface area (Å²) in [6.07, 6.45) is 19.1. The lowest BCUT2D eigenvalue weighted by Crippen LogP contribution is -2.45. The summed E-state index contributed by atoms with van der Waals surface area (Å²) < 4.78 is 0. The Hall–Kier alpha value is -1.08. The second-order valence-electron chi connectivity index (χ2n) is 4.84. The molecule has 1 saturated carbocycles. The number of fused-ring (bicyclic) bond motifs is 3. The Morgan fingerprint density at radius 3 is 2.13 bits per heavy atom. The van der Waals surface area contributed by atoms with Gasteiger partial charge in [-0.25, -0.2) is 0 Å². The summed E-state index contributed by atoms with van der Waals surface area (Å²) in [5.74, 6) is 2.49. The third-order valence-electron chi connectivity index (χ3n) is 4.00. The Balaban J connectivity index is 1.94. The van der Waals surface area contributed by atoms with Crippen LogP contribution in [-0.2, 0) is 0 Å². The minimum atomic E-state index is 0.327. The van der Waals surface area contributed by atoms with E-state index < -0.39 is 0 Å². The highest BCUT2D eigenvalue weighted by atomic mass is 14.7. The van der Waals surface area contributed by atoms with Crippen LogP contribution in [0.4, 0.5) is 0 Å².